The Kier molecular flexibility index (Phi) is 4.79. The molecule has 1 atom stereocenters. The van der Waals surface area contributed by atoms with Crippen molar-refractivity contribution in [3.63, 3.8) is 0 Å². The van der Waals surface area contributed by atoms with Gasteiger partial charge in [0.25, 0.3) is 5.91 Å². The highest BCUT2D eigenvalue weighted by atomic mass is 16.5. The first-order chi connectivity index (χ1) is 12.1. The summed E-state index contributed by atoms with van der Waals surface area (Å²) in [5.41, 5.74) is 2.19. The first kappa shape index (κ1) is 16.7. The van der Waals surface area contributed by atoms with Gasteiger partial charge < -0.3 is 14.8 Å². The van der Waals surface area contributed by atoms with Crippen molar-refractivity contribution in [1.29, 1.82) is 0 Å². The van der Waals surface area contributed by atoms with Gasteiger partial charge >= 0.3 is 11.9 Å². The van der Waals surface area contributed by atoms with Crippen LogP contribution >= 0.6 is 0 Å². The van der Waals surface area contributed by atoms with Gasteiger partial charge in [0.1, 0.15) is 0 Å². The molecule has 0 bridgehead atoms. The van der Waals surface area contributed by atoms with Gasteiger partial charge in [0, 0.05) is 12.1 Å². The van der Waals surface area contributed by atoms with Crippen molar-refractivity contribution in [3.8, 4) is 0 Å². The molecule has 0 saturated carbocycles. The van der Waals surface area contributed by atoms with Gasteiger partial charge in [-0.05, 0) is 42.8 Å². The van der Waals surface area contributed by atoms with Crippen molar-refractivity contribution < 1.29 is 23.9 Å². The van der Waals surface area contributed by atoms with Crippen LogP contribution in [0.2, 0.25) is 0 Å². The summed E-state index contributed by atoms with van der Waals surface area (Å²) < 4.78 is 10.1. The molecule has 1 heterocycles. The van der Waals surface area contributed by atoms with Gasteiger partial charge in [-0.15, -0.1) is 0 Å². The molecule has 1 aliphatic heterocycles. The van der Waals surface area contributed by atoms with E-state index in [0.29, 0.717) is 29.8 Å². The van der Waals surface area contributed by atoms with Gasteiger partial charge in [-0.1, -0.05) is 18.2 Å². The normalized spacial score (nSPS) is 15.7. The average Bonchev–Trinajstić information content (AvgIpc) is 2.62. The molecule has 0 saturated heterocycles. The second kappa shape index (κ2) is 7.17. The lowest BCUT2D eigenvalue weighted by Gasteiger charge is -2.23. The van der Waals surface area contributed by atoms with Crippen LogP contribution in [0.25, 0.3) is 0 Å². The average molecular weight is 339 g/mol. The van der Waals surface area contributed by atoms with Crippen LogP contribution in [0.15, 0.2) is 48.5 Å². The molecule has 0 fully saturated rings. The van der Waals surface area contributed by atoms with Crippen LogP contribution in [-0.4, -0.2) is 30.6 Å². The lowest BCUT2D eigenvalue weighted by atomic mass is 9.98. The number of carbonyl (C=O) groups is 3. The van der Waals surface area contributed by atoms with E-state index < -0.39 is 23.9 Å². The molecular formula is C19H17NO5. The Balaban J connectivity index is 1.67. The molecule has 3 rings (SSSR count). The van der Waals surface area contributed by atoms with E-state index in [9.17, 15) is 14.4 Å². The van der Waals surface area contributed by atoms with E-state index in [2.05, 4.69) is 5.32 Å². The molecule has 6 heteroatoms. The van der Waals surface area contributed by atoms with Crippen LogP contribution in [0.4, 0.5) is 5.69 Å². The fraction of sp³-hybridized carbons (Fsp3) is 0.211. The maximum absolute atomic E-state index is 12.4. The molecule has 0 aromatic heterocycles. The lowest BCUT2D eigenvalue weighted by Crippen LogP contribution is -2.37. The summed E-state index contributed by atoms with van der Waals surface area (Å²) in [6.07, 6.45) is -0.554. The fourth-order valence-electron chi connectivity index (χ4n) is 2.60. The minimum Gasteiger partial charge on any atom is -0.462 e. The molecule has 1 amide bonds. The molecule has 6 nitrogen and oxygen atoms in total. The molecule has 0 aliphatic carbocycles. The van der Waals surface area contributed by atoms with Crippen molar-refractivity contribution in [2.45, 2.75) is 19.4 Å². The van der Waals surface area contributed by atoms with Crippen LogP contribution in [0.3, 0.4) is 0 Å². The smallest absolute Gasteiger partial charge is 0.339 e. The molecule has 1 aliphatic rings. The largest absolute Gasteiger partial charge is 0.462 e. The van der Waals surface area contributed by atoms with Crippen molar-refractivity contribution in [1.82, 2.24) is 0 Å². The molecule has 1 N–H and O–H groups in total. The Hall–Kier alpha value is -3.15. The number of esters is 2. The molecular weight excluding hydrogens is 322 g/mol. The number of benzene rings is 2. The van der Waals surface area contributed by atoms with Crippen LogP contribution in [-0.2, 0) is 20.7 Å². The Bertz CT molecular complexity index is 813. The van der Waals surface area contributed by atoms with Crippen LogP contribution in [0.5, 0.6) is 0 Å². The zero-order valence-corrected chi connectivity index (χ0v) is 13.7. The molecule has 128 valence electrons. The van der Waals surface area contributed by atoms with E-state index in [1.54, 1.807) is 43.3 Å². The van der Waals surface area contributed by atoms with E-state index in [1.165, 1.54) is 0 Å². The summed E-state index contributed by atoms with van der Waals surface area (Å²) in [7, 11) is 0. The van der Waals surface area contributed by atoms with Crippen molar-refractivity contribution in [2.24, 2.45) is 0 Å². The summed E-state index contributed by atoms with van der Waals surface area (Å²) in [5, 5.41) is 2.69. The first-order valence-corrected chi connectivity index (χ1v) is 7.95. The summed E-state index contributed by atoms with van der Waals surface area (Å²) >= 11 is 0. The maximum atomic E-state index is 12.4. The van der Waals surface area contributed by atoms with Gasteiger partial charge in [-0.3, -0.25) is 4.79 Å². The van der Waals surface area contributed by atoms with Gasteiger partial charge in [-0.2, -0.15) is 0 Å². The molecule has 0 spiro atoms. The molecule has 2 aromatic carbocycles. The number of hydrogen-bond donors (Lipinski definition) is 1. The molecule has 25 heavy (non-hydrogen) atoms. The predicted molar refractivity (Wildman–Crippen MR) is 90.4 cm³/mol. The number of rotatable bonds is 4. The monoisotopic (exact) mass is 339 g/mol. The van der Waals surface area contributed by atoms with Crippen LogP contribution < -0.4 is 5.32 Å². The summed E-state index contributed by atoms with van der Waals surface area (Å²) in [6.45, 7) is 2.03. The number of hydrogen-bond acceptors (Lipinski definition) is 5. The van der Waals surface area contributed by atoms with Crippen molar-refractivity contribution in [3.05, 3.63) is 65.2 Å². The Morgan fingerprint density at radius 3 is 2.60 bits per heavy atom. The summed E-state index contributed by atoms with van der Waals surface area (Å²) in [6, 6.07) is 13.4. The third-order valence-electron chi connectivity index (χ3n) is 3.85. The highest BCUT2D eigenvalue weighted by Crippen LogP contribution is 2.21. The quantitative estimate of drug-likeness (QED) is 0.866. The number of anilines is 1. The second-order valence-corrected chi connectivity index (χ2v) is 5.54. The van der Waals surface area contributed by atoms with Crippen LogP contribution in [0, 0.1) is 0 Å². The standard InChI is InChI=1S/C19H17NO5/c1-2-24-18(22)12-7-9-14(10-8-12)20-17(21)16-11-13-5-3-4-6-15(13)19(23)25-16/h3-10,16H,2,11H2,1H3,(H,20,21)/t16-/m0/s1. The van der Waals surface area contributed by atoms with E-state index in [-0.39, 0.29) is 0 Å². The third-order valence-corrected chi connectivity index (χ3v) is 3.85. The van der Waals surface area contributed by atoms with Crippen molar-refractivity contribution in [2.75, 3.05) is 11.9 Å². The predicted octanol–water partition coefficient (Wildman–Crippen LogP) is 2.58. The van der Waals surface area contributed by atoms with Crippen LogP contribution in [0.1, 0.15) is 33.2 Å². The van der Waals surface area contributed by atoms with Gasteiger partial charge in [-0.25, -0.2) is 9.59 Å². The van der Waals surface area contributed by atoms with E-state index >= 15 is 0 Å². The topological polar surface area (TPSA) is 81.7 Å². The minimum absolute atomic E-state index is 0.297. The summed E-state index contributed by atoms with van der Waals surface area (Å²) in [4.78, 5) is 36.0. The zero-order valence-electron chi connectivity index (χ0n) is 13.7. The SMILES string of the molecule is CCOC(=O)c1ccc(NC(=O)[C@@H]2Cc3ccccc3C(=O)O2)cc1. The third kappa shape index (κ3) is 3.68. The number of carbonyl (C=O) groups excluding carboxylic acids is 3. The lowest BCUT2D eigenvalue weighted by molar-refractivity contribution is -0.125. The Labute approximate surface area is 144 Å². The van der Waals surface area contributed by atoms with Gasteiger partial charge in [0.2, 0.25) is 0 Å². The fourth-order valence-corrected chi connectivity index (χ4v) is 2.60. The van der Waals surface area contributed by atoms with Gasteiger partial charge in [0.15, 0.2) is 6.10 Å². The first-order valence-electron chi connectivity index (χ1n) is 7.95. The van der Waals surface area contributed by atoms with E-state index in [0.717, 1.165) is 5.56 Å². The number of nitrogens with one attached hydrogen (secondary N) is 1. The Morgan fingerprint density at radius 2 is 1.88 bits per heavy atom. The zero-order chi connectivity index (χ0) is 17.8. The maximum Gasteiger partial charge on any atom is 0.339 e. The molecule has 0 unspecified atom stereocenters. The van der Waals surface area contributed by atoms with Crippen molar-refractivity contribution >= 4 is 23.5 Å². The summed E-state index contributed by atoms with van der Waals surface area (Å²) in [5.74, 6) is -1.33. The number of ether oxygens (including phenoxy) is 2. The van der Waals surface area contributed by atoms with E-state index in [1.807, 2.05) is 12.1 Å². The number of amides is 1. The molecule has 0 radical (unpaired) electrons. The highest BCUT2D eigenvalue weighted by molar-refractivity contribution is 6.00. The Morgan fingerprint density at radius 1 is 1.16 bits per heavy atom. The second-order valence-electron chi connectivity index (χ2n) is 5.54. The van der Waals surface area contributed by atoms with Gasteiger partial charge in [0.05, 0.1) is 17.7 Å². The number of fused-ring (bicyclic) bond motifs is 1. The molecule has 2 aromatic rings. The minimum atomic E-state index is -0.882. The van der Waals surface area contributed by atoms with E-state index in [4.69, 9.17) is 9.47 Å². The number of cyclic esters (lactones) is 1. The highest BCUT2D eigenvalue weighted by Gasteiger charge is 2.31.